The van der Waals surface area contributed by atoms with E-state index in [1.54, 1.807) is 24.3 Å². The van der Waals surface area contributed by atoms with Gasteiger partial charge in [0.25, 0.3) is 0 Å². The van der Waals surface area contributed by atoms with Gasteiger partial charge in [0.15, 0.2) is 6.04 Å². The first-order valence-electron chi connectivity index (χ1n) is 12.3. The third-order valence-electron chi connectivity index (χ3n) is 5.91. The van der Waals surface area contributed by atoms with Crippen LogP contribution in [-0.2, 0) is 22.4 Å². The number of carboxylic acids is 1. The average molecular weight is 493 g/mol. The maximum atomic E-state index is 12.7. The van der Waals surface area contributed by atoms with Crippen molar-refractivity contribution in [2.24, 2.45) is 5.41 Å². The van der Waals surface area contributed by atoms with Crippen molar-refractivity contribution in [2.45, 2.75) is 59.9 Å². The van der Waals surface area contributed by atoms with E-state index in [2.05, 4.69) is 31.8 Å². The highest BCUT2D eigenvalue weighted by molar-refractivity contribution is 5.92. The largest absolute Gasteiger partial charge is 0.493 e. The molecule has 1 unspecified atom stereocenters. The second-order valence-electron chi connectivity index (χ2n) is 10.1. The molecule has 192 valence electrons. The summed E-state index contributed by atoms with van der Waals surface area (Å²) in [6, 6.07) is 4.41. The molecule has 1 aliphatic heterocycles. The molecule has 0 aliphatic carbocycles. The normalized spacial score (nSPS) is 16.2. The van der Waals surface area contributed by atoms with E-state index in [-0.39, 0.29) is 11.3 Å². The SMILES string of the molecule is CC=CC=CC(=O)N1CCc2ccc(OCCc3nc(C=CCC(C)(C)C)oc3C)cc2C1C(=O)O. The molecule has 0 spiro atoms. The van der Waals surface area contributed by atoms with Gasteiger partial charge in [-0.3, -0.25) is 4.79 Å². The van der Waals surface area contributed by atoms with Crippen LogP contribution in [0.2, 0.25) is 0 Å². The van der Waals surface area contributed by atoms with Crippen LogP contribution in [0.3, 0.4) is 0 Å². The van der Waals surface area contributed by atoms with Crippen molar-refractivity contribution in [1.82, 2.24) is 9.88 Å². The Hall–Kier alpha value is -3.61. The number of amides is 1. The molecular weight excluding hydrogens is 456 g/mol. The predicted octanol–water partition coefficient (Wildman–Crippen LogP) is 5.70. The van der Waals surface area contributed by atoms with Gasteiger partial charge in [0.1, 0.15) is 11.5 Å². The molecule has 36 heavy (non-hydrogen) atoms. The van der Waals surface area contributed by atoms with Crippen LogP contribution >= 0.6 is 0 Å². The Morgan fingerprint density at radius 2 is 2.06 bits per heavy atom. The number of nitrogens with zero attached hydrogens (tertiary/aromatic N) is 2. The van der Waals surface area contributed by atoms with Gasteiger partial charge in [0.2, 0.25) is 11.8 Å². The standard InChI is InChI=1S/C29H36N2O5/c1-6-7-8-11-26(32)31-17-14-21-12-13-22(19-23(21)27(31)28(33)34)35-18-15-24-20(2)36-25(30-24)10-9-16-29(3,4)5/h6-13,19,27H,14-18H2,1-5H3,(H,33,34). The van der Waals surface area contributed by atoms with Gasteiger partial charge in [-0.1, -0.05) is 51.1 Å². The number of aromatic nitrogens is 1. The molecule has 1 aliphatic rings. The highest BCUT2D eigenvalue weighted by Gasteiger charge is 2.35. The molecule has 7 heteroatoms. The first-order chi connectivity index (χ1) is 17.1. The number of benzene rings is 1. The van der Waals surface area contributed by atoms with Crippen LogP contribution in [0, 0.1) is 12.3 Å². The van der Waals surface area contributed by atoms with Crippen LogP contribution in [0.5, 0.6) is 5.75 Å². The Morgan fingerprint density at radius 3 is 2.75 bits per heavy atom. The third kappa shape index (κ3) is 7.20. The maximum Gasteiger partial charge on any atom is 0.331 e. The van der Waals surface area contributed by atoms with Crippen molar-refractivity contribution >= 4 is 18.0 Å². The number of aliphatic carboxylic acids is 1. The zero-order valence-electron chi connectivity index (χ0n) is 21.8. The summed E-state index contributed by atoms with van der Waals surface area (Å²) in [5, 5.41) is 9.93. The van der Waals surface area contributed by atoms with Crippen LogP contribution in [0.25, 0.3) is 6.08 Å². The molecule has 0 fully saturated rings. The van der Waals surface area contributed by atoms with Crippen molar-refractivity contribution in [3.05, 3.63) is 77.1 Å². The Morgan fingerprint density at radius 1 is 1.28 bits per heavy atom. The molecule has 1 aromatic carbocycles. The number of hydrogen-bond donors (Lipinski definition) is 1. The molecule has 0 radical (unpaired) electrons. The number of allylic oxidation sites excluding steroid dienone is 4. The smallest absolute Gasteiger partial charge is 0.331 e. The van der Waals surface area contributed by atoms with E-state index in [9.17, 15) is 14.7 Å². The van der Waals surface area contributed by atoms with Crippen LogP contribution < -0.4 is 4.74 Å². The lowest BCUT2D eigenvalue weighted by molar-refractivity contribution is -0.149. The Kier molecular flexibility index (Phi) is 8.91. The summed E-state index contributed by atoms with van der Waals surface area (Å²) in [5.74, 6) is 0.506. The zero-order chi connectivity index (χ0) is 26.3. The fourth-order valence-corrected chi connectivity index (χ4v) is 4.06. The van der Waals surface area contributed by atoms with Gasteiger partial charge in [-0.15, -0.1) is 0 Å². The quantitative estimate of drug-likeness (QED) is 0.357. The summed E-state index contributed by atoms with van der Waals surface area (Å²) in [6.07, 6.45) is 12.6. The number of oxazole rings is 1. The molecule has 7 nitrogen and oxygen atoms in total. The Bertz CT molecular complexity index is 1170. The van der Waals surface area contributed by atoms with Crippen LogP contribution in [-0.4, -0.2) is 40.0 Å². The van der Waals surface area contributed by atoms with Gasteiger partial charge in [-0.2, -0.15) is 0 Å². The van der Waals surface area contributed by atoms with E-state index in [0.29, 0.717) is 43.2 Å². The van der Waals surface area contributed by atoms with Crippen molar-refractivity contribution in [3.63, 3.8) is 0 Å². The number of aryl methyl sites for hydroxylation is 1. The highest BCUT2D eigenvalue weighted by atomic mass is 16.5. The maximum absolute atomic E-state index is 12.7. The summed E-state index contributed by atoms with van der Waals surface area (Å²) in [5.41, 5.74) is 2.53. The van der Waals surface area contributed by atoms with Gasteiger partial charge in [0.05, 0.1) is 12.3 Å². The van der Waals surface area contributed by atoms with E-state index < -0.39 is 12.0 Å². The number of ether oxygens (including phenoxy) is 1. The minimum atomic E-state index is -1.06. The molecule has 1 amide bonds. The van der Waals surface area contributed by atoms with E-state index in [1.165, 1.54) is 11.0 Å². The Labute approximate surface area is 213 Å². The van der Waals surface area contributed by atoms with E-state index in [1.807, 2.05) is 32.1 Å². The van der Waals surface area contributed by atoms with E-state index in [0.717, 1.165) is 23.4 Å². The number of hydrogen-bond acceptors (Lipinski definition) is 5. The molecule has 0 bridgehead atoms. The molecule has 2 aromatic rings. The van der Waals surface area contributed by atoms with Gasteiger partial charge < -0.3 is 19.2 Å². The van der Waals surface area contributed by atoms with E-state index >= 15 is 0 Å². The number of fused-ring (bicyclic) bond motifs is 1. The van der Waals surface area contributed by atoms with Gasteiger partial charge in [-0.25, -0.2) is 9.78 Å². The molecule has 3 rings (SSSR count). The van der Waals surface area contributed by atoms with Crippen LogP contribution in [0.1, 0.15) is 68.6 Å². The molecule has 1 N–H and O–H groups in total. The van der Waals surface area contributed by atoms with Crippen LogP contribution in [0.4, 0.5) is 0 Å². The van der Waals surface area contributed by atoms with Crippen molar-refractivity contribution < 1.29 is 23.8 Å². The molecule has 1 aromatic heterocycles. The molecule has 0 saturated heterocycles. The number of carbonyl (C=O) groups excluding carboxylic acids is 1. The van der Waals surface area contributed by atoms with Gasteiger partial charge in [-0.05, 0) is 61.4 Å². The minimum absolute atomic E-state index is 0.205. The second-order valence-corrected chi connectivity index (χ2v) is 10.1. The fraction of sp³-hybridized carbons (Fsp3) is 0.414. The zero-order valence-corrected chi connectivity index (χ0v) is 21.8. The molecular formula is C29H36N2O5. The first kappa shape index (κ1) is 27.0. The number of rotatable bonds is 9. The number of carboxylic acid groups (broad SMARTS) is 1. The first-order valence-corrected chi connectivity index (χ1v) is 12.3. The summed E-state index contributed by atoms with van der Waals surface area (Å²) >= 11 is 0. The topological polar surface area (TPSA) is 92.9 Å². The average Bonchev–Trinajstić information content (AvgIpc) is 3.16. The summed E-state index contributed by atoms with van der Waals surface area (Å²) in [4.78, 5) is 30.7. The second kappa shape index (κ2) is 11.9. The predicted molar refractivity (Wildman–Crippen MR) is 140 cm³/mol. The lowest BCUT2D eigenvalue weighted by Crippen LogP contribution is -2.42. The highest BCUT2D eigenvalue weighted by Crippen LogP contribution is 2.33. The van der Waals surface area contributed by atoms with Crippen molar-refractivity contribution in [2.75, 3.05) is 13.2 Å². The third-order valence-corrected chi connectivity index (χ3v) is 5.91. The minimum Gasteiger partial charge on any atom is -0.493 e. The lowest BCUT2D eigenvalue weighted by Gasteiger charge is -2.34. The summed E-state index contributed by atoms with van der Waals surface area (Å²) < 4.78 is 11.7. The number of carbonyl (C=O) groups is 2. The fourth-order valence-electron chi connectivity index (χ4n) is 4.06. The summed E-state index contributed by atoms with van der Waals surface area (Å²) in [6.45, 7) is 11.0. The monoisotopic (exact) mass is 492 g/mol. The molecule has 1 atom stereocenters. The molecule has 0 saturated carbocycles. The van der Waals surface area contributed by atoms with Crippen molar-refractivity contribution in [3.8, 4) is 5.75 Å². The van der Waals surface area contributed by atoms with Gasteiger partial charge >= 0.3 is 5.97 Å². The van der Waals surface area contributed by atoms with E-state index in [4.69, 9.17) is 9.15 Å². The lowest BCUT2D eigenvalue weighted by atomic mass is 9.92. The van der Waals surface area contributed by atoms with Crippen LogP contribution in [0.15, 0.2) is 53.0 Å². The van der Waals surface area contributed by atoms with Crippen molar-refractivity contribution in [1.29, 1.82) is 0 Å². The summed E-state index contributed by atoms with van der Waals surface area (Å²) in [7, 11) is 0. The Balaban J connectivity index is 1.68. The van der Waals surface area contributed by atoms with Gasteiger partial charge in [0, 0.05) is 19.0 Å². The molecule has 2 heterocycles.